The Morgan fingerprint density at radius 3 is 1.75 bits per heavy atom. The minimum absolute atomic E-state index is 0.00397. The zero-order chi connectivity index (χ0) is 45.4. The van der Waals surface area contributed by atoms with Gasteiger partial charge in [-0.1, -0.05) is 30.3 Å². The van der Waals surface area contributed by atoms with E-state index in [1.54, 1.807) is 30.3 Å². The molecule has 2 rings (SSSR count). The van der Waals surface area contributed by atoms with Gasteiger partial charge in [0.2, 0.25) is 47.3 Å². The van der Waals surface area contributed by atoms with E-state index in [-0.39, 0.29) is 19.4 Å². The number of carbonyl (C=O) groups is 10. The van der Waals surface area contributed by atoms with Gasteiger partial charge >= 0.3 is 11.9 Å². The number of carboxylic acid groups (broad SMARTS) is 2. The molecular weight excluding hydrogens is 798 g/mol. The molecule has 1 saturated heterocycles. The third-order valence-electron chi connectivity index (χ3n) is 9.12. The van der Waals surface area contributed by atoms with Crippen LogP contribution in [-0.4, -0.2) is 163 Å². The van der Waals surface area contributed by atoms with Crippen LogP contribution in [0.4, 0.5) is 0 Å². The minimum atomic E-state index is -1.79. The summed E-state index contributed by atoms with van der Waals surface area (Å²) in [6.07, 6.45) is -6.16. The highest BCUT2D eigenvalue weighted by Gasteiger charge is 2.40. The Balaban J connectivity index is 2.20. The molecule has 24 heteroatoms. The summed E-state index contributed by atoms with van der Waals surface area (Å²) in [5.74, 6) is -11.3. The Labute approximate surface area is 343 Å². The number of nitrogens with two attached hydrogens (primary N) is 2. The first-order chi connectivity index (χ1) is 28.0. The summed E-state index contributed by atoms with van der Waals surface area (Å²) in [5.41, 5.74) is 11.1. The summed E-state index contributed by atoms with van der Waals surface area (Å²) in [6, 6.07) is -3.22. The zero-order valence-electron chi connectivity index (χ0n) is 33.0. The lowest BCUT2D eigenvalue weighted by molar-refractivity contribution is -0.150. The topological polar surface area (TPSA) is 399 Å². The maximum atomic E-state index is 13.7. The molecule has 0 aliphatic carbocycles. The number of rotatable bonds is 23. The van der Waals surface area contributed by atoms with E-state index in [0.717, 1.165) is 25.7 Å². The van der Waals surface area contributed by atoms with Gasteiger partial charge in [0.25, 0.3) is 0 Å². The summed E-state index contributed by atoms with van der Waals surface area (Å²) in [4.78, 5) is 127. The van der Waals surface area contributed by atoms with Crippen LogP contribution in [0.5, 0.6) is 0 Å². The molecule has 0 saturated carbocycles. The van der Waals surface area contributed by atoms with Gasteiger partial charge in [-0.3, -0.25) is 43.2 Å². The van der Waals surface area contributed by atoms with E-state index in [0.29, 0.717) is 12.0 Å². The van der Waals surface area contributed by atoms with E-state index < -0.39 is 139 Å². The maximum Gasteiger partial charge on any atom is 0.326 e. The number of nitrogens with one attached hydrogen (secondary N) is 6. The molecule has 1 heterocycles. The van der Waals surface area contributed by atoms with Crippen molar-refractivity contribution in [1.82, 2.24) is 36.8 Å². The average Bonchev–Trinajstić information content (AvgIpc) is 3.66. The molecule has 1 aliphatic heterocycles. The van der Waals surface area contributed by atoms with Crippen LogP contribution in [0.25, 0.3) is 0 Å². The molecule has 1 aromatic rings. The predicted octanol–water partition coefficient (Wildman–Crippen LogP) is -6.34. The zero-order valence-corrected chi connectivity index (χ0v) is 33.0. The molecule has 0 spiro atoms. The number of aliphatic hydroxyl groups excluding tert-OH is 3. The highest BCUT2D eigenvalue weighted by Crippen LogP contribution is 2.19. The third kappa shape index (κ3) is 15.5. The van der Waals surface area contributed by atoms with Crippen molar-refractivity contribution in [2.24, 2.45) is 11.5 Å². The van der Waals surface area contributed by atoms with E-state index in [2.05, 4.69) is 31.9 Å². The van der Waals surface area contributed by atoms with Crippen molar-refractivity contribution in [3.63, 3.8) is 0 Å². The van der Waals surface area contributed by atoms with Gasteiger partial charge < -0.3 is 73.8 Å². The first kappa shape index (κ1) is 49.9. The van der Waals surface area contributed by atoms with Gasteiger partial charge in [0, 0.05) is 13.0 Å². The standard InChI is InChI=1S/C36H53N9O15/c1-16(46)27(44-34(57)29(18(3)48)43-30(53)20(37)13-24(38)49)32(55)39-15-25(50)42-28(17(2)47)33(56)40-21(12-19-8-5-4-6-9-19)31(54)41-22(14-26(51)52)35(58)45-11-7-10-23(45)36(59)60/h4-6,8-9,16-18,20-23,27-29,46-48H,7,10-15,37H2,1-3H3,(H2,38,49)(H,39,55)(H,40,56)(H,41,54)(H,42,50)(H,43,53)(H,44,57)(H,51,52)(H,59,60)/t16-,17-,18-,20+,21+,22+,23+,27+,28+,29+/m1/s1. The molecule has 0 unspecified atom stereocenters. The molecule has 0 aromatic heterocycles. The van der Waals surface area contributed by atoms with Crippen LogP contribution >= 0.6 is 0 Å². The van der Waals surface area contributed by atoms with Crippen LogP contribution in [-0.2, 0) is 54.4 Å². The van der Waals surface area contributed by atoms with Gasteiger partial charge in [0.1, 0.15) is 36.3 Å². The number of primary amides is 1. The van der Waals surface area contributed by atoms with Gasteiger partial charge in [-0.05, 0) is 39.2 Å². The number of hydrogen-bond acceptors (Lipinski definition) is 14. The number of hydrogen-bond donors (Lipinski definition) is 13. The van der Waals surface area contributed by atoms with Crippen molar-refractivity contribution < 1.29 is 73.5 Å². The Bertz CT molecular complexity index is 1740. The van der Waals surface area contributed by atoms with Crippen molar-refractivity contribution in [3.8, 4) is 0 Å². The normalized spacial score (nSPS) is 18.1. The first-order valence-electron chi connectivity index (χ1n) is 18.7. The van der Waals surface area contributed by atoms with Crippen molar-refractivity contribution in [2.45, 2.75) is 113 Å². The molecular formula is C36H53N9O15. The third-order valence-corrected chi connectivity index (χ3v) is 9.12. The van der Waals surface area contributed by atoms with Crippen molar-refractivity contribution in [2.75, 3.05) is 13.1 Å². The average molecular weight is 852 g/mol. The molecule has 10 atom stereocenters. The quantitative estimate of drug-likeness (QED) is 0.0487. The number of carboxylic acids is 2. The second-order valence-corrected chi connectivity index (χ2v) is 14.2. The Morgan fingerprint density at radius 1 is 0.700 bits per heavy atom. The van der Waals surface area contributed by atoms with Crippen molar-refractivity contribution in [1.29, 1.82) is 0 Å². The van der Waals surface area contributed by atoms with Gasteiger partial charge in [0.15, 0.2) is 0 Å². The van der Waals surface area contributed by atoms with Crippen LogP contribution < -0.4 is 43.4 Å². The SMILES string of the molecule is C[C@@H](O)[C@H](NC(=O)CNC(=O)[C@@H](NC(=O)[C@@H](NC(=O)[C@@H](N)CC(N)=O)[C@@H](C)O)[C@@H](C)O)C(=O)N[C@@H](Cc1ccccc1)C(=O)N[C@@H](CC(=O)O)C(=O)N1CCC[C@H]1C(=O)O. The Hall–Kier alpha value is -6.24. The summed E-state index contributed by atoms with van der Waals surface area (Å²) >= 11 is 0. The van der Waals surface area contributed by atoms with Gasteiger partial charge in [0.05, 0.1) is 43.7 Å². The van der Waals surface area contributed by atoms with Crippen LogP contribution in [0.15, 0.2) is 30.3 Å². The fourth-order valence-electron chi connectivity index (χ4n) is 5.99. The number of aliphatic hydroxyl groups is 3. The van der Waals surface area contributed by atoms with Crippen LogP contribution in [0.1, 0.15) is 52.0 Å². The van der Waals surface area contributed by atoms with Crippen LogP contribution in [0, 0.1) is 0 Å². The molecule has 332 valence electrons. The molecule has 0 bridgehead atoms. The van der Waals surface area contributed by atoms with Gasteiger partial charge in [-0.25, -0.2) is 4.79 Å². The largest absolute Gasteiger partial charge is 0.481 e. The number of likely N-dealkylation sites (tertiary alicyclic amines) is 1. The fourth-order valence-corrected chi connectivity index (χ4v) is 5.99. The van der Waals surface area contributed by atoms with Crippen LogP contribution in [0.2, 0.25) is 0 Å². The van der Waals surface area contributed by atoms with E-state index in [1.807, 2.05) is 0 Å². The summed E-state index contributed by atoms with van der Waals surface area (Å²) < 4.78 is 0. The number of nitrogens with zero attached hydrogens (tertiary/aromatic N) is 1. The minimum Gasteiger partial charge on any atom is -0.481 e. The predicted molar refractivity (Wildman–Crippen MR) is 204 cm³/mol. The van der Waals surface area contributed by atoms with Crippen molar-refractivity contribution in [3.05, 3.63) is 35.9 Å². The summed E-state index contributed by atoms with van der Waals surface area (Å²) in [7, 11) is 0. The molecule has 1 aromatic carbocycles. The second kappa shape index (κ2) is 23.4. The number of aliphatic carboxylic acids is 2. The van der Waals surface area contributed by atoms with Crippen molar-refractivity contribution >= 4 is 59.2 Å². The van der Waals surface area contributed by atoms with E-state index in [4.69, 9.17) is 11.5 Å². The second-order valence-electron chi connectivity index (χ2n) is 14.2. The smallest absolute Gasteiger partial charge is 0.326 e. The first-order valence-corrected chi connectivity index (χ1v) is 18.7. The lowest BCUT2D eigenvalue weighted by atomic mass is 10.0. The number of amides is 8. The lowest BCUT2D eigenvalue weighted by Crippen LogP contribution is -2.62. The van der Waals surface area contributed by atoms with E-state index >= 15 is 0 Å². The number of benzene rings is 1. The molecule has 0 radical (unpaired) electrons. The fraction of sp³-hybridized carbons (Fsp3) is 0.556. The highest BCUT2D eigenvalue weighted by molar-refractivity contribution is 5.98. The van der Waals surface area contributed by atoms with E-state index in [9.17, 15) is 73.5 Å². The summed E-state index contributed by atoms with van der Waals surface area (Å²) in [5, 5.41) is 63.1. The monoisotopic (exact) mass is 851 g/mol. The molecule has 60 heavy (non-hydrogen) atoms. The van der Waals surface area contributed by atoms with Gasteiger partial charge in [-0.15, -0.1) is 0 Å². The van der Waals surface area contributed by atoms with E-state index in [1.165, 1.54) is 0 Å². The Morgan fingerprint density at radius 2 is 1.22 bits per heavy atom. The lowest BCUT2D eigenvalue weighted by Gasteiger charge is -2.29. The highest BCUT2D eigenvalue weighted by atomic mass is 16.4. The molecule has 15 N–H and O–H groups in total. The Kier molecular flexibility index (Phi) is 19.4. The van der Waals surface area contributed by atoms with Crippen LogP contribution in [0.3, 0.4) is 0 Å². The molecule has 1 aliphatic rings. The molecule has 8 amide bonds. The number of carbonyl (C=O) groups excluding carboxylic acids is 8. The van der Waals surface area contributed by atoms with Gasteiger partial charge in [-0.2, -0.15) is 0 Å². The molecule has 1 fully saturated rings. The summed E-state index contributed by atoms with van der Waals surface area (Å²) in [6.45, 7) is 2.41. The maximum absolute atomic E-state index is 13.7. The molecule has 24 nitrogen and oxygen atoms in total.